The van der Waals surface area contributed by atoms with Crippen molar-refractivity contribution >= 4 is 49.1 Å². The Morgan fingerprint density at radius 1 is 0.893 bits per heavy atom. The van der Waals surface area contributed by atoms with Crippen molar-refractivity contribution in [1.29, 1.82) is 0 Å². The van der Waals surface area contributed by atoms with Crippen molar-refractivity contribution in [3.8, 4) is 0 Å². The minimum absolute atomic E-state index is 0.551. The molecule has 3 aromatic carbocycles. The van der Waals surface area contributed by atoms with E-state index >= 15 is 0 Å². The largest absolute Gasteiger partial charge is 0.431 e. The van der Waals surface area contributed by atoms with Crippen LogP contribution in [-0.4, -0.2) is 9.38 Å². The third kappa shape index (κ3) is 1.80. The molecule has 0 unspecified atom stereocenters. The average Bonchev–Trinajstić information content (AvgIpc) is 3.21. The Kier molecular flexibility index (Phi) is 2.85. The minimum Gasteiger partial charge on any atom is -0.431 e. The van der Waals surface area contributed by atoms with E-state index in [1.165, 1.54) is 22.4 Å². The highest BCUT2D eigenvalue weighted by Gasteiger charge is 2.19. The molecule has 136 valence electrons. The number of hydrogen-bond donors (Lipinski definition) is 0. The van der Waals surface area contributed by atoms with Gasteiger partial charge >= 0.3 is 0 Å². The fourth-order valence-corrected chi connectivity index (χ4v) is 4.63. The summed E-state index contributed by atoms with van der Waals surface area (Å²) >= 11 is 0. The highest BCUT2D eigenvalue weighted by Crippen LogP contribution is 2.39. The lowest BCUT2D eigenvalue weighted by Crippen LogP contribution is -1.96. The first-order valence-corrected chi connectivity index (χ1v) is 9.36. The minimum atomic E-state index is -0.569. The maximum absolute atomic E-state index is 14.0. The molecule has 3 heterocycles. The lowest BCUT2D eigenvalue weighted by molar-refractivity contribution is 0.381. The van der Waals surface area contributed by atoms with Crippen LogP contribution in [-0.2, 0) is 0 Å². The van der Waals surface area contributed by atoms with Crippen LogP contribution >= 0.6 is 0 Å². The first kappa shape index (κ1) is 15.6. The van der Waals surface area contributed by atoms with E-state index in [1.54, 1.807) is 0 Å². The zero-order valence-corrected chi connectivity index (χ0v) is 15.8. The molecule has 28 heavy (non-hydrogen) atoms. The Labute approximate surface area is 160 Å². The number of aromatic nitrogens is 2. The third-order valence-corrected chi connectivity index (χ3v) is 6.03. The van der Waals surface area contributed by atoms with Gasteiger partial charge in [-0.1, -0.05) is 24.3 Å². The molecule has 3 nitrogen and oxygen atoms in total. The summed E-state index contributed by atoms with van der Waals surface area (Å²) < 4.78 is 21.4. The van der Waals surface area contributed by atoms with Crippen molar-refractivity contribution in [2.75, 3.05) is 0 Å². The van der Waals surface area contributed by atoms with E-state index in [1.807, 2.05) is 19.1 Å². The maximum atomic E-state index is 14.0. The van der Waals surface area contributed by atoms with Gasteiger partial charge in [0.25, 0.3) is 6.01 Å². The molecule has 0 aliphatic rings. The molecule has 0 aliphatic carbocycles. The number of halogens is 1. The van der Waals surface area contributed by atoms with Crippen molar-refractivity contribution in [3.63, 3.8) is 0 Å². The zero-order chi connectivity index (χ0) is 19.2. The number of benzene rings is 3. The summed E-state index contributed by atoms with van der Waals surface area (Å²) in [4.78, 5) is 4.89. The highest BCUT2D eigenvalue weighted by atomic mass is 19.1. The smallest absolute Gasteiger partial charge is 0.278 e. The number of aryl methyl sites for hydroxylation is 3. The lowest BCUT2D eigenvalue weighted by atomic mass is 9.95. The summed E-state index contributed by atoms with van der Waals surface area (Å²) in [7, 11) is 0. The lowest BCUT2D eigenvalue weighted by Gasteiger charge is -2.14. The van der Waals surface area contributed by atoms with Gasteiger partial charge < -0.3 is 4.42 Å². The van der Waals surface area contributed by atoms with Crippen LogP contribution in [0.5, 0.6) is 0 Å². The van der Waals surface area contributed by atoms with Gasteiger partial charge in [0.15, 0.2) is 0 Å². The second kappa shape index (κ2) is 5.10. The van der Waals surface area contributed by atoms with Crippen molar-refractivity contribution in [2.24, 2.45) is 0 Å². The number of pyridine rings is 1. The summed E-state index contributed by atoms with van der Waals surface area (Å²) in [5.74, 6) is 0. The average molecular weight is 368 g/mol. The first-order chi connectivity index (χ1) is 13.5. The maximum Gasteiger partial charge on any atom is 0.278 e. The van der Waals surface area contributed by atoms with Gasteiger partial charge in [-0.3, -0.25) is 4.40 Å². The van der Waals surface area contributed by atoms with E-state index in [2.05, 4.69) is 48.6 Å². The molecule has 4 heteroatoms. The van der Waals surface area contributed by atoms with E-state index in [9.17, 15) is 4.39 Å². The quantitative estimate of drug-likeness (QED) is 0.223. The molecule has 3 aromatic heterocycles. The van der Waals surface area contributed by atoms with Crippen LogP contribution in [0.25, 0.3) is 49.1 Å². The molecule has 0 bridgehead atoms. The number of imidazole rings is 1. The van der Waals surface area contributed by atoms with E-state index in [-0.39, 0.29) is 0 Å². The summed E-state index contributed by atoms with van der Waals surface area (Å²) in [6.45, 7) is 6.23. The third-order valence-electron chi connectivity index (χ3n) is 6.03. The SMILES string of the molecule is Cc1nc2c3cc4ccccc4c(C)c3c3ccc4oc(F)cc4c3n2c1C. The number of furan rings is 1. The van der Waals surface area contributed by atoms with E-state index in [0.29, 0.717) is 5.58 Å². The second-order valence-electron chi connectivity index (χ2n) is 7.51. The first-order valence-electron chi connectivity index (χ1n) is 9.36. The standard InChI is InChI=1S/C24H17FN2O/c1-12-16-7-5-4-6-15(16)10-19-22(12)17-8-9-20-18(11-21(25)28-20)23(17)27-14(3)13(2)26-24(19)27/h4-11H,1-3H3. The molecule has 0 aliphatic heterocycles. The van der Waals surface area contributed by atoms with Gasteiger partial charge in [-0.05, 0) is 60.7 Å². The van der Waals surface area contributed by atoms with Crippen LogP contribution in [0, 0.1) is 26.8 Å². The molecule has 0 amide bonds. The van der Waals surface area contributed by atoms with Crippen LogP contribution in [0.3, 0.4) is 0 Å². The van der Waals surface area contributed by atoms with Crippen molar-refractivity contribution in [3.05, 3.63) is 71.5 Å². The van der Waals surface area contributed by atoms with Crippen molar-refractivity contribution in [2.45, 2.75) is 20.8 Å². The molecular formula is C24H17FN2O. The fraction of sp³-hybridized carbons (Fsp3) is 0.125. The van der Waals surface area contributed by atoms with E-state index in [4.69, 9.17) is 9.40 Å². The van der Waals surface area contributed by atoms with Crippen LogP contribution < -0.4 is 0 Å². The van der Waals surface area contributed by atoms with E-state index in [0.717, 1.165) is 44.1 Å². The molecule has 6 rings (SSSR count). The van der Waals surface area contributed by atoms with Gasteiger partial charge in [0, 0.05) is 27.9 Å². The van der Waals surface area contributed by atoms with Crippen LogP contribution in [0.2, 0.25) is 0 Å². The topological polar surface area (TPSA) is 30.4 Å². The van der Waals surface area contributed by atoms with Crippen LogP contribution in [0.15, 0.2) is 52.9 Å². The summed E-state index contributed by atoms with van der Waals surface area (Å²) in [5.41, 5.74) is 5.64. The van der Waals surface area contributed by atoms with E-state index < -0.39 is 6.01 Å². The van der Waals surface area contributed by atoms with Crippen molar-refractivity contribution < 1.29 is 8.81 Å². The number of fused-ring (bicyclic) bond motifs is 9. The van der Waals surface area contributed by atoms with Gasteiger partial charge in [0.1, 0.15) is 11.2 Å². The monoisotopic (exact) mass is 368 g/mol. The van der Waals surface area contributed by atoms with Gasteiger partial charge in [0.2, 0.25) is 0 Å². The summed E-state index contributed by atoms with van der Waals surface area (Å²) in [6.07, 6.45) is 0. The van der Waals surface area contributed by atoms with Crippen LogP contribution in [0.1, 0.15) is 17.0 Å². The van der Waals surface area contributed by atoms with Gasteiger partial charge in [-0.15, -0.1) is 0 Å². The molecule has 0 saturated heterocycles. The summed E-state index contributed by atoms with van der Waals surface area (Å²) in [5, 5.41) is 6.55. The van der Waals surface area contributed by atoms with Crippen molar-refractivity contribution in [1.82, 2.24) is 9.38 Å². The van der Waals surface area contributed by atoms with Gasteiger partial charge in [0.05, 0.1) is 11.2 Å². The Balaban J connectivity index is 2.05. The highest BCUT2D eigenvalue weighted by molar-refractivity contribution is 6.22. The predicted octanol–water partition coefficient (Wildman–Crippen LogP) is 6.60. The number of rotatable bonds is 0. The molecule has 0 spiro atoms. The molecular weight excluding hydrogens is 351 g/mol. The molecule has 0 radical (unpaired) electrons. The molecule has 0 fully saturated rings. The molecule has 6 aromatic rings. The second-order valence-corrected chi connectivity index (χ2v) is 7.51. The molecule has 0 N–H and O–H groups in total. The summed E-state index contributed by atoms with van der Waals surface area (Å²) in [6, 6.07) is 15.4. The Morgan fingerprint density at radius 3 is 2.57 bits per heavy atom. The normalized spacial score (nSPS) is 12.3. The molecule has 0 saturated carbocycles. The number of hydrogen-bond acceptors (Lipinski definition) is 2. The Morgan fingerprint density at radius 2 is 1.71 bits per heavy atom. The Bertz CT molecular complexity index is 1600. The fourth-order valence-electron chi connectivity index (χ4n) is 4.63. The van der Waals surface area contributed by atoms with Crippen LogP contribution in [0.4, 0.5) is 4.39 Å². The predicted molar refractivity (Wildman–Crippen MR) is 112 cm³/mol. The molecule has 0 atom stereocenters. The van der Waals surface area contributed by atoms with Gasteiger partial charge in [-0.2, -0.15) is 4.39 Å². The number of nitrogens with zero attached hydrogens (tertiary/aromatic N) is 2. The Hall–Kier alpha value is -3.40. The zero-order valence-electron chi connectivity index (χ0n) is 15.8. The van der Waals surface area contributed by atoms with Gasteiger partial charge in [-0.25, -0.2) is 4.98 Å².